The summed E-state index contributed by atoms with van der Waals surface area (Å²) in [5.74, 6) is -0.237. The first-order chi connectivity index (χ1) is 23.2. The summed E-state index contributed by atoms with van der Waals surface area (Å²) < 4.78 is 46.2. The van der Waals surface area contributed by atoms with Crippen LogP contribution in [0, 0.1) is 11.3 Å². The zero-order chi connectivity index (χ0) is 35.8. The normalized spacial score (nSPS) is 20.6. The summed E-state index contributed by atoms with van der Waals surface area (Å²) in [7, 11) is -4.17. The van der Waals surface area contributed by atoms with Crippen LogP contribution >= 0.6 is 0 Å². The van der Waals surface area contributed by atoms with Gasteiger partial charge in [0.25, 0.3) is 0 Å². The van der Waals surface area contributed by atoms with Gasteiger partial charge >= 0.3 is 6.09 Å². The first kappa shape index (κ1) is 38.4. The molecule has 13 nitrogen and oxygen atoms in total. The highest BCUT2D eigenvalue weighted by atomic mass is 32.2. The number of nitrogens with two attached hydrogens (primary N) is 1. The van der Waals surface area contributed by atoms with Crippen molar-refractivity contribution in [3.8, 4) is 0 Å². The minimum absolute atomic E-state index is 0.00377. The van der Waals surface area contributed by atoms with Crippen LogP contribution in [0.4, 0.5) is 15.3 Å². The molecule has 14 heteroatoms. The molecule has 272 valence electrons. The van der Waals surface area contributed by atoms with Crippen molar-refractivity contribution >= 4 is 27.9 Å². The van der Waals surface area contributed by atoms with Crippen LogP contribution < -0.4 is 16.2 Å². The number of carboxylic acid groups (broad SMARTS) is 1. The number of nitrogens with one attached hydrogen (secondary N) is 1. The molecule has 0 aliphatic carbocycles. The van der Waals surface area contributed by atoms with Gasteiger partial charge in [0.15, 0.2) is 6.29 Å². The van der Waals surface area contributed by atoms with Gasteiger partial charge in [-0.3, -0.25) is 0 Å². The van der Waals surface area contributed by atoms with E-state index in [9.17, 15) is 28.2 Å². The van der Waals surface area contributed by atoms with Crippen molar-refractivity contribution in [2.75, 3.05) is 38.6 Å². The smallest absolute Gasteiger partial charge is 0.407 e. The molecule has 49 heavy (non-hydrogen) atoms. The van der Waals surface area contributed by atoms with Crippen LogP contribution in [0.1, 0.15) is 58.9 Å². The molecule has 0 bridgehead atoms. The number of nitrogens with zero attached hydrogens (tertiary/aromatic N) is 2. The summed E-state index contributed by atoms with van der Waals surface area (Å²) in [6.45, 7) is 7.99. The van der Waals surface area contributed by atoms with Gasteiger partial charge in [0.1, 0.15) is 6.09 Å². The van der Waals surface area contributed by atoms with Gasteiger partial charge < -0.3 is 45.2 Å². The lowest BCUT2D eigenvalue weighted by Gasteiger charge is -2.43. The van der Waals surface area contributed by atoms with Gasteiger partial charge in [-0.15, -0.1) is 0 Å². The van der Waals surface area contributed by atoms with Crippen molar-refractivity contribution in [1.82, 2.24) is 14.5 Å². The number of hydrogen-bond acceptors (Lipinski definition) is 10. The number of sulfonamides is 1. The van der Waals surface area contributed by atoms with Gasteiger partial charge in [0.2, 0.25) is 10.0 Å². The fourth-order valence-corrected chi connectivity index (χ4v) is 8.27. The van der Waals surface area contributed by atoms with E-state index < -0.39 is 52.1 Å². The van der Waals surface area contributed by atoms with E-state index in [0.29, 0.717) is 44.5 Å². The highest BCUT2D eigenvalue weighted by Crippen LogP contribution is 2.36. The number of benzene rings is 2. The van der Waals surface area contributed by atoms with Gasteiger partial charge in [-0.1, -0.05) is 50.6 Å². The van der Waals surface area contributed by atoms with Crippen molar-refractivity contribution in [2.24, 2.45) is 11.3 Å². The van der Waals surface area contributed by atoms with E-state index >= 15 is 0 Å². The third-order valence-corrected chi connectivity index (χ3v) is 10.9. The van der Waals surface area contributed by atoms with Crippen LogP contribution in [-0.4, -0.2) is 98.3 Å². The summed E-state index contributed by atoms with van der Waals surface area (Å²) in [4.78, 5) is 25.9. The van der Waals surface area contributed by atoms with Gasteiger partial charge in [-0.25, -0.2) is 13.2 Å². The first-order valence-corrected chi connectivity index (χ1v) is 18.4. The lowest BCUT2D eigenvalue weighted by molar-refractivity contribution is -0.273. The van der Waals surface area contributed by atoms with Gasteiger partial charge in [0, 0.05) is 31.2 Å². The zero-order valence-corrected chi connectivity index (χ0v) is 29.6. The van der Waals surface area contributed by atoms with Crippen LogP contribution in [0.15, 0.2) is 59.5 Å². The first-order valence-electron chi connectivity index (χ1n) is 16.9. The Labute approximate surface area is 289 Å². The maximum Gasteiger partial charge on any atom is 0.407 e. The fourth-order valence-electron chi connectivity index (χ4n) is 6.62. The second kappa shape index (κ2) is 17.0. The van der Waals surface area contributed by atoms with E-state index in [1.54, 1.807) is 13.8 Å². The number of carbonyl (C=O) groups is 2. The Hall–Kier alpha value is -3.43. The van der Waals surface area contributed by atoms with E-state index in [0.717, 1.165) is 10.5 Å². The zero-order valence-electron chi connectivity index (χ0n) is 28.8. The average molecular weight is 704 g/mol. The largest absolute Gasteiger partial charge is 0.530 e. The Morgan fingerprint density at radius 2 is 1.80 bits per heavy atom. The van der Waals surface area contributed by atoms with Crippen LogP contribution in [0.5, 0.6) is 0 Å². The quantitative estimate of drug-likeness (QED) is 0.164. The number of aliphatic hydroxyl groups is 1. The molecule has 2 fully saturated rings. The number of fused-ring (bicyclic) bond motifs is 1. The lowest BCUT2D eigenvalue weighted by atomic mass is 9.87. The molecule has 0 saturated carbocycles. The van der Waals surface area contributed by atoms with E-state index in [1.165, 1.54) is 28.6 Å². The van der Waals surface area contributed by atoms with Crippen molar-refractivity contribution in [3.63, 3.8) is 0 Å². The van der Waals surface area contributed by atoms with Crippen LogP contribution in [0.2, 0.25) is 0 Å². The maximum atomic E-state index is 14.2. The summed E-state index contributed by atoms with van der Waals surface area (Å²) >= 11 is 0. The SMILES string of the molecule is CC(C)OC(=O)NCCCCC(C)(C)CN(C[C@@H](O)[C@H](Cc1ccccc1)N(C(=O)[O-])[C@@H]1CO[C@@H]2OCC[C@@H]21)S(=O)(=O)c1ccc(N)cc1. The number of anilines is 1. The molecule has 2 aliphatic heterocycles. The van der Waals surface area contributed by atoms with Crippen LogP contribution in [-0.2, 0) is 30.7 Å². The molecule has 2 amide bonds. The van der Waals surface area contributed by atoms with Crippen molar-refractivity contribution in [1.29, 1.82) is 0 Å². The number of nitrogen functional groups attached to an aromatic ring is 1. The molecule has 2 saturated heterocycles. The third-order valence-electron chi connectivity index (χ3n) is 9.07. The average Bonchev–Trinajstić information content (AvgIpc) is 3.65. The molecule has 2 aliphatic rings. The standard InChI is InChI=1S/C35H52N4O9S/c1-24(2)48-33(41)37-18-9-8-17-35(3,4)23-38(49(44,45)27-14-12-26(36)13-15-27)21-31(40)29(20-25-10-6-5-7-11-25)39(34(42)43)30-22-47-32-28(30)16-19-46-32/h5-7,10-15,24,28-32,40H,8-9,16-23,36H2,1-4H3,(H,37,41)(H,42,43)/p-1/t28-,29+,30-,31-,32+/m1/s1. The number of ether oxygens (including phenoxy) is 3. The number of aliphatic hydroxyl groups excluding tert-OH is 1. The van der Waals surface area contributed by atoms with Gasteiger partial charge in [-0.05, 0) is 74.8 Å². The van der Waals surface area contributed by atoms with Gasteiger partial charge in [0.05, 0.1) is 42.4 Å². The molecule has 2 aromatic rings. The van der Waals surface area contributed by atoms with Crippen LogP contribution in [0.3, 0.4) is 0 Å². The number of alkyl carbamates (subject to hydrolysis) is 1. The molecular formula is C35H51N4O9S-. The Bertz CT molecular complexity index is 1470. The molecule has 0 spiro atoms. The molecule has 0 unspecified atom stereocenters. The second-order valence-electron chi connectivity index (χ2n) is 14.0. The van der Waals surface area contributed by atoms with E-state index in [-0.39, 0.29) is 43.0 Å². The third kappa shape index (κ3) is 10.5. The molecule has 4 N–H and O–H groups in total. The maximum absolute atomic E-state index is 14.2. The molecule has 5 atom stereocenters. The predicted molar refractivity (Wildman–Crippen MR) is 182 cm³/mol. The number of carbonyl (C=O) groups excluding carboxylic acids is 2. The molecule has 4 rings (SSSR count). The Balaban J connectivity index is 1.59. The minimum Gasteiger partial charge on any atom is -0.530 e. The Morgan fingerprint density at radius 1 is 1.10 bits per heavy atom. The number of hydrogen-bond donors (Lipinski definition) is 3. The minimum atomic E-state index is -4.17. The molecule has 2 heterocycles. The summed E-state index contributed by atoms with van der Waals surface area (Å²) in [6.07, 6.45) is -1.50. The van der Waals surface area contributed by atoms with E-state index in [4.69, 9.17) is 19.9 Å². The Morgan fingerprint density at radius 3 is 2.45 bits per heavy atom. The highest BCUT2D eigenvalue weighted by Gasteiger charge is 2.47. The molecule has 2 aromatic carbocycles. The molecule has 0 radical (unpaired) electrons. The number of amides is 2. The molecule has 0 aromatic heterocycles. The topological polar surface area (TPSA) is 184 Å². The number of rotatable bonds is 17. The van der Waals surface area contributed by atoms with E-state index in [1.807, 2.05) is 44.2 Å². The van der Waals surface area contributed by atoms with Crippen molar-refractivity contribution in [2.45, 2.75) is 95.3 Å². The highest BCUT2D eigenvalue weighted by molar-refractivity contribution is 7.89. The van der Waals surface area contributed by atoms with Gasteiger partial charge in [-0.2, -0.15) is 4.31 Å². The number of unbranched alkanes of at least 4 members (excludes halogenated alkanes) is 1. The second-order valence-corrected chi connectivity index (χ2v) is 15.9. The summed E-state index contributed by atoms with van der Waals surface area (Å²) in [5, 5.41) is 27.6. The predicted octanol–water partition coefficient (Wildman–Crippen LogP) is 2.97. The van der Waals surface area contributed by atoms with Crippen LogP contribution in [0.25, 0.3) is 0 Å². The van der Waals surface area contributed by atoms with E-state index in [2.05, 4.69) is 5.32 Å². The van der Waals surface area contributed by atoms with Crippen molar-refractivity contribution in [3.05, 3.63) is 60.2 Å². The Kier molecular flexibility index (Phi) is 13.3. The summed E-state index contributed by atoms with van der Waals surface area (Å²) in [6, 6.07) is 13.3. The monoisotopic (exact) mass is 703 g/mol. The fraction of sp³-hybridized carbons (Fsp3) is 0.600. The molecular weight excluding hydrogens is 652 g/mol. The summed E-state index contributed by atoms with van der Waals surface area (Å²) in [5.41, 5.74) is 6.47. The lowest BCUT2D eigenvalue weighted by Crippen LogP contribution is -2.61. The van der Waals surface area contributed by atoms with Crippen molar-refractivity contribution < 1.29 is 42.4 Å².